The van der Waals surface area contributed by atoms with Gasteiger partial charge in [-0.05, 0) is 63.8 Å². The highest BCUT2D eigenvalue weighted by molar-refractivity contribution is 6.08. The van der Waals surface area contributed by atoms with Crippen molar-refractivity contribution in [3.8, 4) is 0 Å². The largest absolute Gasteiger partial charge is 0.346 e. The van der Waals surface area contributed by atoms with E-state index in [2.05, 4.69) is 10.6 Å². The van der Waals surface area contributed by atoms with Gasteiger partial charge < -0.3 is 20.4 Å². The first-order valence-electron chi connectivity index (χ1n) is 11.7. The Morgan fingerprint density at radius 3 is 2.55 bits per heavy atom. The van der Waals surface area contributed by atoms with Crippen molar-refractivity contribution in [2.24, 2.45) is 0 Å². The number of carbonyl (C=O) groups excluding carboxylic acids is 3. The summed E-state index contributed by atoms with van der Waals surface area (Å²) in [6, 6.07) is 11.9. The zero-order chi connectivity index (χ0) is 23.5. The van der Waals surface area contributed by atoms with E-state index in [0.29, 0.717) is 5.69 Å². The number of benzene rings is 2. The quantitative estimate of drug-likeness (QED) is 0.728. The lowest BCUT2D eigenvalue weighted by Crippen LogP contribution is -2.58. The maximum absolute atomic E-state index is 13.4. The van der Waals surface area contributed by atoms with E-state index in [1.54, 1.807) is 0 Å². The van der Waals surface area contributed by atoms with Crippen LogP contribution < -0.4 is 15.5 Å². The number of nitrogens with one attached hydrogen (secondary N) is 2. The van der Waals surface area contributed by atoms with Gasteiger partial charge in [-0.3, -0.25) is 14.4 Å². The Bertz CT molecular complexity index is 1060. The SMILES string of the molecule is Cc1ccc(NC(=O)C[C@@H]2C(=O)Nc3ccccc3N2[C@H](C)C(=O)N2CCCCC2)c(C)c1. The third-order valence-electron chi connectivity index (χ3n) is 6.56. The van der Waals surface area contributed by atoms with Gasteiger partial charge in [0.15, 0.2) is 0 Å². The first kappa shape index (κ1) is 22.8. The average Bonchev–Trinajstić information content (AvgIpc) is 2.81. The smallest absolute Gasteiger partial charge is 0.247 e. The monoisotopic (exact) mass is 448 g/mol. The molecule has 0 bridgehead atoms. The number of nitrogens with zero attached hydrogens (tertiary/aromatic N) is 2. The molecule has 2 aliphatic rings. The summed E-state index contributed by atoms with van der Waals surface area (Å²) in [6.07, 6.45) is 3.08. The van der Waals surface area contributed by atoms with Crippen LogP contribution in [0.2, 0.25) is 0 Å². The number of carbonyl (C=O) groups is 3. The third-order valence-corrected chi connectivity index (χ3v) is 6.56. The minimum Gasteiger partial charge on any atom is -0.346 e. The number of hydrogen-bond acceptors (Lipinski definition) is 4. The van der Waals surface area contributed by atoms with Crippen LogP contribution in [-0.2, 0) is 14.4 Å². The second-order valence-corrected chi connectivity index (χ2v) is 9.06. The van der Waals surface area contributed by atoms with Crippen molar-refractivity contribution in [3.05, 3.63) is 53.6 Å². The zero-order valence-electron chi connectivity index (χ0n) is 19.6. The fourth-order valence-electron chi connectivity index (χ4n) is 4.81. The van der Waals surface area contributed by atoms with Gasteiger partial charge in [-0.25, -0.2) is 0 Å². The average molecular weight is 449 g/mol. The van der Waals surface area contributed by atoms with E-state index in [0.717, 1.165) is 54.9 Å². The summed E-state index contributed by atoms with van der Waals surface area (Å²) in [6.45, 7) is 7.26. The van der Waals surface area contributed by atoms with E-state index in [-0.39, 0.29) is 24.1 Å². The predicted molar refractivity (Wildman–Crippen MR) is 130 cm³/mol. The molecule has 3 amide bonds. The second-order valence-electron chi connectivity index (χ2n) is 9.06. The molecule has 0 aromatic heterocycles. The molecule has 4 rings (SSSR count). The summed E-state index contributed by atoms with van der Waals surface area (Å²) in [4.78, 5) is 43.2. The van der Waals surface area contributed by atoms with Crippen LogP contribution in [0, 0.1) is 13.8 Å². The van der Waals surface area contributed by atoms with Gasteiger partial charge in [0.1, 0.15) is 12.1 Å². The second kappa shape index (κ2) is 9.65. The van der Waals surface area contributed by atoms with Gasteiger partial charge in [0.25, 0.3) is 0 Å². The minimum absolute atomic E-state index is 0.000935. The standard InChI is InChI=1S/C26H32N4O3/c1-17-11-12-20(18(2)15-17)27-24(31)16-23-25(32)28-21-9-5-6-10-22(21)30(23)19(3)26(33)29-13-7-4-8-14-29/h5-6,9-12,15,19,23H,4,7-8,13-14,16H2,1-3H3,(H,27,31)(H,28,32)/t19-,23-/m1/s1. The van der Waals surface area contributed by atoms with Crippen molar-refractivity contribution >= 4 is 34.8 Å². The molecule has 2 heterocycles. The van der Waals surface area contributed by atoms with Crippen molar-refractivity contribution in [3.63, 3.8) is 0 Å². The Hall–Kier alpha value is -3.35. The van der Waals surface area contributed by atoms with Gasteiger partial charge in [0.05, 0.1) is 17.8 Å². The molecule has 7 heteroatoms. The predicted octanol–water partition coefficient (Wildman–Crippen LogP) is 3.86. The van der Waals surface area contributed by atoms with E-state index in [1.807, 2.05) is 73.0 Å². The van der Waals surface area contributed by atoms with E-state index in [1.165, 1.54) is 0 Å². The molecule has 2 atom stereocenters. The first-order chi connectivity index (χ1) is 15.8. The molecule has 1 fully saturated rings. The molecule has 2 aromatic rings. The molecule has 2 N–H and O–H groups in total. The molecule has 2 aromatic carbocycles. The van der Waals surface area contributed by atoms with Gasteiger partial charge in [0, 0.05) is 18.8 Å². The molecular weight excluding hydrogens is 416 g/mol. The lowest BCUT2D eigenvalue weighted by molar-refractivity contribution is -0.133. The van der Waals surface area contributed by atoms with Crippen LogP contribution in [-0.4, -0.2) is 47.8 Å². The summed E-state index contributed by atoms with van der Waals surface area (Å²) in [7, 11) is 0. The molecule has 0 unspecified atom stereocenters. The van der Waals surface area contributed by atoms with Gasteiger partial charge in [-0.1, -0.05) is 29.8 Å². The Morgan fingerprint density at radius 1 is 1.09 bits per heavy atom. The summed E-state index contributed by atoms with van der Waals surface area (Å²) in [5, 5.41) is 5.86. The van der Waals surface area contributed by atoms with E-state index >= 15 is 0 Å². The van der Waals surface area contributed by atoms with E-state index in [9.17, 15) is 14.4 Å². The highest BCUT2D eigenvalue weighted by Crippen LogP contribution is 2.35. The third kappa shape index (κ3) is 4.87. The molecule has 0 radical (unpaired) electrons. The number of rotatable bonds is 5. The van der Waals surface area contributed by atoms with Crippen molar-refractivity contribution in [2.45, 2.75) is 58.5 Å². The van der Waals surface area contributed by atoms with E-state index < -0.39 is 12.1 Å². The Kier molecular flexibility index (Phi) is 6.67. The molecule has 0 spiro atoms. The lowest BCUT2D eigenvalue weighted by atomic mass is 10.0. The Labute approximate surface area is 195 Å². The summed E-state index contributed by atoms with van der Waals surface area (Å²) < 4.78 is 0. The van der Waals surface area contributed by atoms with E-state index in [4.69, 9.17) is 0 Å². The van der Waals surface area contributed by atoms with Gasteiger partial charge >= 0.3 is 0 Å². The minimum atomic E-state index is -0.783. The fourth-order valence-corrected chi connectivity index (χ4v) is 4.81. The van der Waals surface area contributed by atoms with Gasteiger partial charge in [-0.15, -0.1) is 0 Å². The van der Waals surface area contributed by atoms with Crippen LogP contribution in [0.4, 0.5) is 17.1 Å². The van der Waals surface area contributed by atoms with Crippen LogP contribution in [0.3, 0.4) is 0 Å². The highest BCUT2D eigenvalue weighted by Gasteiger charge is 2.40. The molecule has 33 heavy (non-hydrogen) atoms. The number of anilines is 3. The molecule has 0 saturated carbocycles. The van der Waals surface area contributed by atoms with Crippen molar-refractivity contribution in [2.75, 3.05) is 28.6 Å². The molecule has 0 aliphatic carbocycles. The molecular formula is C26H32N4O3. The lowest BCUT2D eigenvalue weighted by Gasteiger charge is -2.42. The van der Waals surface area contributed by atoms with Crippen LogP contribution in [0.15, 0.2) is 42.5 Å². The molecule has 7 nitrogen and oxygen atoms in total. The Morgan fingerprint density at radius 2 is 1.82 bits per heavy atom. The number of piperidine rings is 1. The normalized spacial score (nSPS) is 18.9. The molecule has 2 aliphatic heterocycles. The zero-order valence-corrected chi connectivity index (χ0v) is 19.6. The highest BCUT2D eigenvalue weighted by atomic mass is 16.2. The number of likely N-dealkylation sites (tertiary alicyclic amines) is 1. The molecule has 1 saturated heterocycles. The van der Waals surface area contributed by atoms with Gasteiger partial charge in [-0.2, -0.15) is 0 Å². The van der Waals surface area contributed by atoms with Crippen molar-refractivity contribution in [1.82, 2.24) is 4.90 Å². The topological polar surface area (TPSA) is 81.8 Å². The van der Waals surface area contributed by atoms with Crippen LogP contribution >= 0.6 is 0 Å². The van der Waals surface area contributed by atoms with Crippen molar-refractivity contribution in [1.29, 1.82) is 0 Å². The summed E-state index contributed by atoms with van der Waals surface area (Å²) in [5.74, 6) is -0.536. The van der Waals surface area contributed by atoms with Gasteiger partial charge in [0.2, 0.25) is 17.7 Å². The number of fused-ring (bicyclic) bond motifs is 1. The number of amides is 3. The van der Waals surface area contributed by atoms with Crippen molar-refractivity contribution < 1.29 is 14.4 Å². The summed E-state index contributed by atoms with van der Waals surface area (Å²) >= 11 is 0. The summed E-state index contributed by atoms with van der Waals surface area (Å²) in [5.41, 5.74) is 4.23. The van der Waals surface area contributed by atoms with Crippen LogP contribution in [0.25, 0.3) is 0 Å². The first-order valence-corrected chi connectivity index (χ1v) is 11.7. The number of hydrogen-bond donors (Lipinski definition) is 2. The maximum atomic E-state index is 13.4. The number of aryl methyl sites for hydroxylation is 2. The maximum Gasteiger partial charge on any atom is 0.247 e. The Balaban J connectivity index is 1.59. The van der Waals surface area contributed by atoms with Crippen LogP contribution in [0.5, 0.6) is 0 Å². The molecule has 174 valence electrons. The van der Waals surface area contributed by atoms with Crippen LogP contribution in [0.1, 0.15) is 43.7 Å². The fraction of sp³-hybridized carbons (Fsp3) is 0.423. The number of para-hydroxylation sites is 2.